The van der Waals surface area contributed by atoms with E-state index in [1.54, 1.807) is 0 Å². The molecule has 1 aliphatic rings. The lowest BCUT2D eigenvalue weighted by Crippen LogP contribution is -2.28. The van der Waals surface area contributed by atoms with Gasteiger partial charge in [0, 0.05) is 11.4 Å². The molecule has 1 rings (SSSR count). The number of ether oxygens (including phenoxy) is 1. The Morgan fingerprint density at radius 3 is 2.62 bits per heavy atom. The lowest BCUT2D eigenvalue weighted by Gasteiger charge is -2.30. The van der Waals surface area contributed by atoms with Crippen LogP contribution >= 0.6 is 15.9 Å². The first-order valence-corrected chi connectivity index (χ1v) is 6.12. The van der Waals surface area contributed by atoms with Gasteiger partial charge in [0.15, 0.2) is 0 Å². The second-order valence-electron chi connectivity index (χ2n) is 5.24. The number of alkyl halides is 1. The average molecular weight is 249 g/mol. The van der Waals surface area contributed by atoms with Crippen LogP contribution in [0.3, 0.4) is 0 Å². The van der Waals surface area contributed by atoms with Crippen LogP contribution in [0.15, 0.2) is 0 Å². The molecule has 0 N–H and O–H groups in total. The summed E-state index contributed by atoms with van der Waals surface area (Å²) in [4.78, 5) is 0.684. The molecular formula is C11H21BrO. The van der Waals surface area contributed by atoms with Crippen LogP contribution in [-0.4, -0.2) is 18.0 Å². The van der Waals surface area contributed by atoms with Gasteiger partial charge in [-0.15, -0.1) is 0 Å². The SMILES string of the molecule is CC(C)(C)CCC1COCCC1Br. The Hall–Kier alpha value is 0.440. The summed E-state index contributed by atoms with van der Waals surface area (Å²) in [6.07, 6.45) is 3.76. The predicted octanol–water partition coefficient (Wildman–Crippen LogP) is 3.61. The van der Waals surface area contributed by atoms with Crippen LogP contribution in [0.1, 0.15) is 40.0 Å². The van der Waals surface area contributed by atoms with Gasteiger partial charge in [-0.1, -0.05) is 36.7 Å². The molecule has 0 amide bonds. The van der Waals surface area contributed by atoms with Crippen molar-refractivity contribution in [3.63, 3.8) is 0 Å². The van der Waals surface area contributed by atoms with Crippen LogP contribution in [0, 0.1) is 11.3 Å². The molecule has 1 nitrogen and oxygen atoms in total. The molecule has 0 aromatic rings. The Morgan fingerprint density at radius 1 is 1.38 bits per heavy atom. The molecule has 1 aliphatic heterocycles. The molecule has 2 heteroatoms. The largest absolute Gasteiger partial charge is 0.381 e. The zero-order valence-electron chi connectivity index (χ0n) is 8.98. The maximum Gasteiger partial charge on any atom is 0.0504 e. The van der Waals surface area contributed by atoms with Gasteiger partial charge in [-0.2, -0.15) is 0 Å². The van der Waals surface area contributed by atoms with Crippen molar-refractivity contribution in [2.45, 2.75) is 44.9 Å². The molecule has 2 atom stereocenters. The Kier molecular flexibility index (Phi) is 4.24. The van der Waals surface area contributed by atoms with Crippen LogP contribution in [0.2, 0.25) is 0 Å². The van der Waals surface area contributed by atoms with E-state index in [1.807, 2.05) is 0 Å². The van der Waals surface area contributed by atoms with Crippen LogP contribution in [0.4, 0.5) is 0 Å². The fraction of sp³-hybridized carbons (Fsp3) is 1.00. The van der Waals surface area contributed by atoms with E-state index in [1.165, 1.54) is 19.3 Å². The fourth-order valence-electron chi connectivity index (χ4n) is 1.65. The van der Waals surface area contributed by atoms with E-state index in [-0.39, 0.29) is 0 Å². The molecule has 0 aliphatic carbocycles. The third-order valence-corrected chi connectivity index (χ3v) is 3.85. The predicted molar refractivity (Wildman–Crippen MR) is 60.3 cm³/mol. The minimum Gasteiger partial charge on any atom is -0.381 e. The first-order chi connectivity index (χ1) is 5.99. The Morgan fingerprint density at radius 2 is 2.08 bits per heavy atom. The third kappa shape index (κ3) is 4.46. The minimum absolute atomic E-state index is 0.462. The summed E-state index contributed by atoms with van der Waals surface area (Å²) in [6, 6.07) is 0. The Balaban J connectivity index is 2.27. The zero-order chi connectivity index (χ0) is 9.90. The lowest BCUT2D eigenvalue weighted by molar-refractivity contribution is 0.0530. The van der Waals surface area contributed by atoms with Gasteiger partial charge in [0.25, 0.3) is 0 Å². The van der Waals surface area contributed by atoms with Crippen LogP contribution in [-0.2, 0) is 4.74 Å². The Labute approximate surface area is 90.4 Å². The topological polar surface area (TPSA) is 9.23 Å². The Bertz CT molecular complexity index is 151. The summed E-state index contributed by atoms with van der Waals surface area (Å²) < 4.78 is 5.49. The zero-order valence-corrected chi connectivity index (χ0v) is 10.6. The molecule has 0 aromatic carbocycles. The van der Waals surface area contributed by atoms with Gasteiger partial charge in [-0.3, -0.25) is 0 Å². The highest BCUT2D eigenvalue weighted by Gasteiger charge is 2.24. The summed E-state index contributed by atoms with van der Waals surface area (Å²) in [5, 5.41) is 0. The molecule has 0 aromatic heterocycles. The highest BCUT2D eigenvalue weighted by atomic mass is 79.9. The van der Waals surface area contributed by atoms with Crippen molar-refractivity contribution in [2.24, 2.45) is 11.3 Å². The van der Waals surface area contributed by atoms with Crippen molar-refractivity contribution in [1.29, 1.82) is 0 Å². The van der Waals surface area contributed by atoms with E-state index in [0.717, 1.165) is 19.1 Å². The fourth-order valence-corrected chi connectivity index (χ4v) is 2.26. The molecule has 0 saturated carbocycles. The molecular weight excluding hydrogens is 228 g/mol. The van der Waals surface area contributed by atoms with Crippen molar-refractivity contribution in [1.82, 2.24) is 0 Å². The molecule has 78 valence electrons. The number of hydrogen-bond acceptors (Lipinski definition) is 1. The minimum atomic E-state index is 0.462. The summed E-state index contributed by atoms with van der Waals surface area (Å²) >= 11 is 3.74. The van der Waals surface area contributed by atoms with E-state index < -0.39 is 0 Å². The molecule has 1 saturated heterocycles. The molecule has 0 radical (unpaired) electrons. The van der Waals surface area contributed by atoms with E-state index >= 15 is 0 Å². The van der Waals surface area contributed by atoms with Crippen molar-refractivity contribution in [3.8, 4) is 0 Å². The van der Waals surface area contributed by atoms with E-state index in [4.69, 9.17) is 4.74 Å². The molecule has 0 spiro atoms. The maximum atomic E-state index is 5.49. The molecule has 1 heterocycles. The summed E-state index contributed by atoms with van der Waals surface area (Å²) in [5.41, 5.74) is 0.462. The monoisotopic (exact) mass is 248 g/mol. The second-order valence-corrected chi connectivity index (χ2v) is 6.42. The second kappa shape index (κ2) is 4.79. The molecule has 1 fully saturated rings. The number of halogens is 1. The van der Waals surface area contributed by atoms with E-state index in [2.05, 4.69) is 36.7 Å². The summed E-state index contributed by atoms with van der Waals surface area (Å²) in [7, 11) is 0. The summed E-state index contributed by atoms with van der Waals surface area (Å²) in [5.74, 6) is 0.730. The highest BCUT2D eigenvalue weighted by Crippen LogP contribution is 2.30. The van der Waals surface area contributed by atoms with E-state index in [0.29, 0.717) is 10.2 Å². The van der Waals surface area contributed by atoms with Gasteiger partial charge in [-0.25, -0.2) is 0 Å². The lowest BCUT2D eigenvalue weighted by atomic mass is 9.85. The van der Waals surface area contributed by atoms with Gasteiger partial charge >= 0.3 is 0 Å². The van der Waals surface area contributed by atoms with Crippen molar-refractivity contribution in [3.05, 3.63) is 0 Å². The van der Waals surface area contributed by atoms with Crippen LogP contribution in [0.25, 0.3) is 0 Å². The third-order valence-electron chi connectivity index (χ3n) is 2.65. The van der Waals surface area contributed by atoms with Gasteiger partial charge in [-0.05, 0) is 30.6 Å². The van der Waals surface area contributed by atoms with Gasteiger partial charge in [0.1, 0.15) is 0 Å². The quantitative estimate of drug-likeness (QED) is 0.679. The van der Waals surface area contributed by atoms with Crippen molar-refractivity contribution >= 4 is 15.9 Å². The average Bonchev–Trinajstić information content (AvgIpc) is 2.01. The standard InChI is InChI=1S/C11H21BrO/c1-11(2,3)6-4-9-8-13-7-5-10(9)12/h9-10H,4-8H2,1-3H3. The molecule has 0 bridgehead atoms. The van der Waals surface area contributed by atoms with Gasteiger partial charge in [0.2, 0.25) is 0 Å². The van der Waals surface area contributed by atoms with Crippen LogP contribution in [0.5, 0.6) is 0 Å². The molecule has 13 heavy (non-hydrogen) atoms. The summed E-state index contributed by atoms with van der Waals surface area (Å²) in [6.45, 7) is 8.80. The van der Waals surface area contributed by atoms with E-state index in [9.17, 15) is 0 Å². The van der Waals surface area contributed by atoms with Crippen molar-refractivity contribution < 1.29 is 4.74 Å². The first-order valence-electron chi connectivity index (χ1n) is 5.21. The highest BCUT2D eigenvalue weighted by molar-refractivity contribution is 9.09. The van der Waals surface area contributed by atoms with Gasteiger partial charge in [0.05, 0.1) is 6.61 Å². The smallest absolute Gasteiger partial charge is 0.0504 e. The number of rotatable bonds is 2. The van der Waals surface area contributed by atoms with Crippen LogP contribution < -0.4 is 0 Å². The van der Waals surface area contributed by atoms with Crippen molar-refractivity contribution in [2.75, 3.05) is 13.2 Å². The number of hydrogen-bond donors (Lipinski definition) is 0. The first kappa shape index (κ1) is 11.5. The molecule has 2 unspecified atom stereocenters. The van der Waals surface area contributed by atoms with Gasteiger partial charge < -0.3 is 4.74 Å². The normalized spacial score (nSPS) is 30.5. The maximum absolute atomic E-state index is 5.49.